The number of aryl methyl sites for hydroxylation is 1. The second kappa shape index (κ2) is 10.3. The standard InChI is InChI=1S/C21H21N.C7H8/c1-16(2)18-12-6-7-13-19(18)20-14-8-9-15-21(20)22-17-10-4-3-5-11-17;1-7-5-3-2-4-6-7/h3-16,22H,1-2H3;2-6H,1H3. The Morgan fingerprint density at radius 3 is 1.66 bits per heavy atom. The molecule has 4 rings (SSSR count). The summed E-state index contributed by atoms with van der Waals surface area (Å²) in [5, 5.41) is 3.54. The van der Waals surface area contributed by atoms with Crippen LogP contribution in [0.25, 0.3) is 11.1 Å². The summed E-state index contributed by atoms with van der Waals surface area (Å²) in [6.07, 6.45) is 0. The van der Waals surface area contributed by atoms with Crippen molar-refractivity contribution < 1.29 is 0 Å². The normalized spacial score (nSPS) is 10.2. The fourth-order valence-electron chi connectivity index (χ4n) is 3.28. The van der Waals surface area contributed by atoms with Crippen molar-refractivity contribution in [2.75, 3.05) is 5.32 Å². The highest BCUT2D eigenvalue weighted by molar-refractivity contribution is 5.82. The molecule has 0 aliphatic heterocycles. The molecule has 0 spiro atoms. The van der Waals surface area contributed by atoms with E-state index >= 15 is 0 Å². The van der Waals surface area contributed by atoms with Crippen molar-refractivity contribution >= 4 is 11.4 Å². The van der Waals surface area contributed by atoms with Crippen molar-refractivity contribution in [2.24, 2.45) is 0 Å². The molecular weight excluding hydrogens is 350 g/mol. The van der Waals surface area contributed by atoms with Gasteiger partial charge in [-0.3, -0.25) is 0 Å². The Hall–Kier alpha value is -3.32. The highest BCUT2D eigenvalue weighted by atomic mass is 14.9. The largest absolute Gasteiger partial charge is 0.355 e. The third-order valence-electron chi connectivity index (χ3n) is 4.79. The van der Waals surface area contributed by atoms with E-state index in [4.69, 9.17) is 0 Å². The molecule has 29 heavy (non-hydrogen) atoms. The van der Waals surface area contributed by atoms with Crippen molar-refractivity contribution in [3.05, 3.63) is 120 Å². The molecule has 1 N–H and O–H groups in total. The predicted octanol–water partition coefficient (Wildman–Crippen LogP) is 8.22. The Labute approximate surface area is 175 Å². The smallest absolute Gasteiger partial charge is 0.0464 e. The maximum atomic E-state index is 3.54. The molecule has 1 nitrogen and oxygen atoms in total. The van der Waals surface area contributed by atoms with Crippen LogP contribution in [0.2, 0.25) is 0 Å². The lowest BCUT2D eigenvalue weighted by Crippen LogP contribution is -1.96. The van der Waals surface area contributed by atoms with E-state index in [1.165, 1.54) is 22.3 Å². The molecule has 146 valence electrons. The fraction of sp³-hybridized carbons (Fsp3) is 0.143. The SMILES string of the molecule is CC(C)c1ccccc1-c1ccccc1Nc1ccccc1.Cc1ccccc1. The van der Waals surface area contributed by atoms with Crippen LogP contribution in [0.4, 0.5) is 11.4 Å². The Bertz CT molecular complexity index is 1000. The van der Waals surface area contributed by atoms with Crippen LogP contribution in [-0.2, 0) is 0 Å². The van der Waals surface area contributed by atoms with E-state index in [-0.39, 0.29) is 0 Å². The van der Waals surface area contributed by atoms with E-state index < -0.39 is 0 Å². The minimum Gasteiger partial charge on any atom is -0.355 e. The second-order valence-electron chi connectivity index (χ2n) is 7.43. The van der Waals surface area contributed by atoms with Gasteiger partial charge < -0.3 is 5.32 Å². The molecule has 0 radical (unpaired) electrons. The van der Waals surface area contributed by atoms with Gasteiger partial charge in [-0.15, -0.1) is 0 Å². The number of anilines is 2. The van der Waals surface area contributed by atoms with E-state index in [0.717, 1.165) is 11.4 Å². The van der Waals surface area contributed by atoms with E-state index in [9.17, 15) is 0 Å². The highest BCUT2D eigenvalue weighted by Crippen LogP contribution is 2.35. The number of benzene rings is 4. The summed E-state index contributed by atoms with van der Waals surface area (Å²) in [5.41, 5.74) is 7.50. The lowest BCUT2D eigenvalue weighted by atomic mass is 9.92. The molecule has 4 aromatic carbocycles. The van der Waals surface area contributed by atoms with Crippen LogP contribution >= 0.6 is 0 Å². The molecule has 0 saturated carbocycles. The molecule has 0 heterocycles. The van der Waals surface area contributed by atoms with Crippen molar-refractivity contribution in [1.29, 1.82) is 0 Å². The molecule has 1 heteroatoms. The summed E-state index contributed by atoms with van der Waals surface area (Å²) >= 11 is 0. The predicted molar refractivity (Wildman–Crippen MR) is 127 cm³/mol. The highest BCUT2D eigenvalue weighted by Gasteiger charge is 2.11. The fourth-order valence-corrected chi connectivity index (χ4v) is 3.28. The first-order valence-corrected chi connectivity index (χ1v) is 10.2. The van der Waals surface area contributed by atoms with Gasteiger partial charge in [-0.1, -0.05) is 110 Å². The van der Waals surface area contributed by atoms with Gasteiger partial charge in [0.1, 0.15) is 0 Å². The van der Waals surface area contributed by atoms with Crippen LogP contribution in [-0.4, -0.2) is 0 Å². The van der Waals surface area contributed by atoms with E-state index in [2.05, 4.69) is 98.9 Å². The van der Waals surface area contributed by atoms with Crippen LogP contribution < -0.4 is 5.32 Å². The lowest BCUT2D eigenvalue weighted by Gasteiger charge is -2.17. The van der Waals surface area contributed by atoms with Crippen LogP contribution in [0.3, 0.4) is 0 Å². The van der Waals surface area contributed by atoms with Gasteiger partial charge in [0.25, 0.3) is 0 Å². The zero-order chi connectivity index (χ0) is 20.5. The number of rotatable bonds is 4. The number of nitrogens with one attached hydrogen (secondary N) is 1. The number of hydrogen-bond donors (Lipinski definition) is 1. The van der Waals surface area contributed by atoms with Crippen molar-refractivity contribution in [3.63, 3.8) is 0 Å². The quantitative estimate of drug-likeness (QED) is 0.376. The van der Waals surface area contributed by atoms with Crippen molar-refractivity contribution in [3.8, 4) is 11.1 Å². The maximum Gasteiger partial charge on any atom is 0.0464 e. The van der Waals surface area contributed by atoms with Gasteiger partial charge in [-0.25, -0.2) is 0 Å². The average Bonchev–Trinajstić information content (AvgIpc) is 2.76. The van der Waals surface area contributed by atoms with Crippen LogP contribution in [0.5, 0.6) is 0 Å². The summed E-state index contributed by atoms with van der Waals surface area (Å²) in [6.45, 7) is 6.57. The van der Waals surface area contributed by atoms with Gasteiger partial charge in [0, 0.05) is 16.9 Å². The minimum atomic E-state index is 0.501. The second-order valence-corrected chi connectivity index (χ2v) is 7.43. The third-order valence-corrected chi connectivity index (χ3v) is 4.79. The number of hydrogen-bond acceptors (Lipinski definition) is 1. The first-order valence-electron chi connectivity index (χ1n) is 10.2. The summed E-state index contributed by atoms with van der Waals surface area (Å²) in [7, 11) is 0. The lowest BCUT2D eigenvalue weighted by molar-refractivity contribution is 0.869. The summed E-state index contributed by atoms with van der Waals surface area (Å²) in [5.74, 6) is 0.501. The Balaban J connectivity index is 0.000000290. The maximum absolute atomic E-state index is 3.54. The molecule has 0 aliphatic carbocycles. The monoisotopic (exact) mass is 379 g/mol. The summed E-state index contributed by atoms with van der Waals surface area (Å²) in [4.78, 5) is 0. The van der Waals surface area contributed by atoms with Gasteiger partial charge >= 0.3 is 0 Å². The van der Waals surface area contributed by atoms with Gasteiger partial charge in [-0.2, -0.15) is 0 Å². The zero-order valence-corrected chi connectivity index (χ0v) is 17.5. The zero-order valence-electron chi connectivity index (χ0n) is 17.5. The van der Waals surface area contributed by atoms with Crippen LogP contribution in [0.15, 0.2) is 109 Å². The molecule has 0 aromatic heterocycles. The molecular formula is C28H29N. The Morgan fingerprint density at radius 2 is 1.07 bits per heavy atom. The molecule has 0 amide bonds. The van der Waals surface area contributed by atoms with Crippen molar-refractivity contribution in [2.45, 2.75) is 26.7 Å². The van der Waals surface area contributed by atoms with Gasteiger partial charge in [0.05, 0.1) is 0 Å². The van der Waals surface area contributed by atoms with Crippen LogP contribution in [0.1, 0.15) is 30.9 Å². The first-order chi connectivity index (χ1) is 14.1. The minimum absolute atomic E-state index is 0.501. The molecule has 0 unspecified atom stereocenters. The summed E-state index contributed by atoms with van der Waals surface area (Å²) < 4.78 is 0. The Kier molecular flexibility index (Phi) is 7.24. The van der Waals surface area contributed by atoms with Gasteiger partial charge in [0.15, 0.2) is 0 Å². The van der Waals surface area contributed by atoms with E-state index in [1.54, 1.807) is 0 Å². The summed E-state index contributed by atoms with van der Waals surface area (Å²) in [6, 6.07) is 37.7. The van der Waals surface area contributed by atoms with Gasteiger partial charge in [0.2, 0.25) is 0 Å². The Morgan fingerprint density at radius 1 is 0.552 bits per heavy atom. The molecule has 0 fully saturated rings. The van der Waals surface area contributed by atoms with Crippen LogP contribution in [0, 0.1) is 6.92 Å². The molecule has 0 bridgehead atoms. The first kappa shape index (κ1) is 20.4. The topological polar surface area (TPSA) is 12.0 Å². The number of para-hydroxylation sites is 2. The molecule has 0 aliphatic rings. The molecule has 4 aromatic rings. The molecule has 0 saturated heterocycles. The van der Waals surface area contributed by atoms with E-state index in [0.29, 0.717) is 5.92 Å². The van der Waals surface area contributed by atoms with Crippen molar-refractivity contribution in [1.82, 2.24) is 0 Å². The third kappa shape index (κ3) is 5.83. The molecule has 0 atom stereocenters. The van der Waals surface area contributed by atoms with E-state index in [1.807, 2.05) is 36.4 Å². The average molecular weight is 380 g/mol. The van der Waals surface area contributed by atoms with Gasteiger partial charge in [-0.05, 0) is 42.2 Å².